The number of nitrogens with one attached hydrogen (secondary N) is 1. The maximum atomic E-state index is 12.1. The Morgan fingerprint density at radius 1 is 1.17 bits per heavy atom. The molecule has 92 valence electrons. The van der Waals surface area contributed by atoms with Gasteiger partial charge in [-0.25, -0.2) is 8.42 Å². The van der Waals surface area contributed by atoms with Gasteiger partial charge in [-0.05, 0) is 23.6 Å². The Morgan fingerprint density at radius 3 is 2.44 bits per heavy atom. The third-order valence-electron chi connectivity index (χ3n) is 2.38. The number of aldehydes is 1. The van der Waals surface area contributed by atoms with Gasteiger partial charge in [0.1, 0.15) is 7.85 Å². The van der Waals surface area contributed by atoms with Gasteiger partial charge in [0.2, 0.25) is 0 Å². The molecule has 0 aliphatic rings. The van der Waals surface area contributed by atoms with Crippen molar-refractivity contribution in [3.63, 3.8) is 0 Å². The zero-order valence-corrected chi connectivity index (χ0v) is 11.2. The van der Waals surface area contributed by atoms with Crippen LogP contribution in [0.15, 0.2) is 40.6 Å². The van der Waals surface area contributed by atoms with Crippen molar-refractivity contribution in [2.24, 2.45) is 0 Å². The molecular formula is C11H10BNO3S2. The van der Waals surface area contributed by atoms with E-state index in [0.717, 1.165) is 5.46 Å². The number of hydrogen-bond donors (Lipinski definition) is 1. The van der Waals surface area contributed by atoms with E-state index in [1.807, 2.05) is 7.85 Å². The van der Waals surface area contributed by atoms with Crippen molar-refractivity contribution in [3.8, 4) is 0 Å². The third kappa shape index (κ3) is 2.62. The minimum absolute atomic E-state index is 0.177. The van der Waals surface area contributed by atoms with Crippen molar-refractivity contribution in [1.82, 2.24) is 0 Å². The lowest BCUT2D eigenvalue weighted by molar-refractivity contribution is 0.112. The van der Waals surface area contributed by atoms with Crippen LogP contribution in [0.4, 0.5) is 5.69 Å². The van der Waals surface area contributed by atoms with Crippen LogP contribution in [0.5, 0.6) is 0 Å². The normalized spacial score (nSPS) is 11.1. The second kappa shape index (κ2) is 4.95. The molecule has 0 atom stereocenters. The molecule has 0 radical (unpaired) electrons. The van der Waals surface area contributed by atoms with E-state index in [9.17, 15) is 13.2 Å². The van der Waals surface area contributed by atoms with Gasteiger partial charge in [-0.15, -0.1) is 11.3 Å². The molecule has 7 heteroatoms. The molecule has 4 nitrogen and oxygen atoms in total. The van der Waals surface area contributed by atoms with Crippen molar-refractivity contribution >= 4 is 46.6 Å². The molecular weight excluding hydrogens is 269 g/mol. The molecule has 0 aliphatic carbocycles. The number of carbonyl (C=O) groups is 1. The number of thiophene rings is 1. The van der Waals surface area contributed by atoms with Crippen molar-refractivity contribution in [2.75, 3.05) is 4.72 Å². The van der Waals surface area contributed by atoms with E-state index in [4.69, 9.17) is 0 Å². The van der Waals surface area contributed by atoms with Gasteiger partial charge in [0.25, 0.3) is 10.0 Å². The van der Waals surface area contributed by atoms with Crippen LogP contribution in [0.2, 0.25) is 0 Å². The van der Waals surface area contributed by atoms with Crippen LogP contribution in [0.3, 0.4) is 0 Å². The van der Waals surface area contributed by atoms with Crippen LogP contribution < -0.4 is 10.2 Å². The summed E-state index contributed by atoms with van der Waals surface area (Å²) in [5.41, 5.74) is 1.30. The molecule has 0 spiro atoms. The van der Waals surface area contributed by atoms with Crippen molar-refractivity contribution in [3.05, 3.63) is 40.6 Å². The largest absolute Gasteiger partial charge is 0.297 e. The minimum Gasteiger partial charge on any atom is -0.297 e. The predicted molar refractivity (Wildman–Crippen MR) is 75.1 cm³/mol. The van der Waals surface area contributed by atoms with Gasteiger partial charge in [-0.3, -0.25) is 9.52 Å². The highest BCUT2D eigenvalue weighted by molar-refractivity contribution is 7.92. The summed E-state index contributed by atoms with van der Waals surface area (Å²) in [6.45, 7) is 0. The lowest BCUT2D eigenvalue weighted by Crippen LogP contribution is -2.14. The quantitative estimate of drug-likeness (QED) is 0.659. The van der Waals surface area contributed by atoms with E-state index in [2.05, 4.69) is 4.72 Å². The molecule has 0 bridgehead atoms. The van der Waals surface area contributed by atoms with Crippen LogP contribution >= 0.6 is 11.3 Å². The average molecular weight is 279 g/mol. The number of sulfonamides is 1. The lowest BCUT2D eigenvalue weighted by atomic mass is 9.97. The van der Waals surface area contributed by atoms with Crippen molar-refractivity contribution in [1.29, 1.82) is 0 Å². The summed E-state index contributed by atoms with van der Waals surface area (Å²) in [4.78, 5) is 11.3. The van der Waals surface area contributed by atoms with E-state index in [1.165, 1.54) is 23.5 Å². The number of rotatable bonds is 4. The van der Waals surface area contributed by atoms with Gasteiger partial charge in [0.15, 0.2) is 6.29 Å². The van der Waals surface area contributed by atoms with Crippen LogP contribution in [-0.4, -0.2) is 22.6 Å². The number of hydrogen-bond acceptors (Lipinski definition) is 4. The smallest absolute Gasteiger partial charge is 0.261 e. The maximum Gasteiger partial charge on any atom is 0.261 e. The Balaban J connectivity index is 2.33. The van der Waals surface area contributed by atoms with Gasteiger partial charge < -0.3 is 0 Å². The molecule has 1 N–H and O–H groups in total. The predicted octanol–water partition coefficient (Wildman–Crippen LogP) is 0.620. The summed E-state index contributed by atoms with van der Waals surface area (Å²) < 4.78 is 26.5. The zero-order chi connectivity index (χ0) is 13.2. The van der Waals surface area contributed by atoms with Gasteiger partial charge in [0, 0.05) is 0 Å². The van der Waals surface area contributed by atoms with E-state index >= 15 is 0 Å². The Labute approximate surface area is 110 Å². The summed E-state index contributed by atoms with van der Waals surface area (Å²) in [6, 6.07) is 8.08. The highest BCUT2D eigenvalue weighted by Gasteiger charge is 2.16. The van der Waals surface area contributed by atoms with Crippen LogP contribution in [0.25, 0.3) is 0 Å². The molecule has 0 aliphatic heterocycles. The Bertz CT molecular complexity index is 662. The third-order valence-corrected chi connectivity index (χ3v) is 4.60. The fourth-order valence-electron chi connectivity index (χ4n) is 1.42. The highest BCUT2D eigenvalue weighted by Crippen LogP contribution is 2.23. The molecule has 0 saturated carbocycles. The van der Waals surface area contributed by atoms with Gasteiger partial charge >= 0.3 is 0 Å². The topological polar surface area (TPSA) is 63.2 Å². The summed E-state index contributed by atoms with van der Waals surface area (Å²) in [5.74, 6) is 0. The molecule has 0 fully saturated rings. The van der Waals surface area contributed by atoms with Crippen LogP contribution in [-0.2, 0) is 10.0 Å². The highest BCUT2D eigenvalue weighted by atomic mass is 32.2. The van der Waals surface area contributed by atoms with Crippen LogP contribution in [0.1, 0.15) is 9.67 Å². The number of anilines is 1. The lowest BCUT2D eigenvalue weighted by Gasteiger charge is -2.07. The second-order valence-corrected chi connectivity index (χ2v) is 6.37. The van der Waals surface area contributed by atoms with Gasteiger partial charge in [-0.2, -0.15) is 0 Å². The maximum absolute atomic E-state index is 12.1. The minimum atomic E-state index is -3.63. The zero-order valence-electron chi connectivity index (χ0n) is 9.58. The van der Waals surface area contributed by atoms with Gasteiger partial charge in [0.05, 0.1) is 15.5 Å². The first-order valence-corrected chi connectivity index (χ1v) is 7.51. The molecule has 2 aromatic rings. The summed E-state index contributed by atoms with van der Waals surface area (Å²) in [6.07, 6.45) is 0.637. The van der Waals surface area contributed by atoms with E-state index in [1.54, 1.807) is 23.6 Å². The fourth-order valence-corrected chi connectivity index (χ4v) is 3.21. The van der Waals surface area contributed by atoms with E-state index < -0.39 is 10.0 Å². The molecule has 1 heterocycles. The van der Waals surface area contributed by atoms with E-state index in [0.29, 0.717) is 16.9 Å². The van der Waals surface area contributed by atoms with Crippen molar-refractivity contribution < 1.29 is 13.2 Å². The monoisotopic (exact) mass is 279 g/mol. The second-order valence-electron chi connectivity index (χ2n) is 3.73. The molecule has 18 heavy (non-hydrogen) atoms. The Hall–Kier alpha value is -1.60. The first-order chi connectivity index (χ1) is 8.53. The summed E-state index contributed by atoms with van der Waals surface area (Å²) in [7, 11) is -1.75. The molecule has 0 unspecified atom stereocenters. The fraction of sp³-hybridized carbons (Fsp3) is 0. The van der Waals surface area contributed by atoms with Crippen molar-refractivity contribution in [2.45, 2.75) is 4.90 Å². The van der Waals surface area contributed by atoms with Gasteiger partial charge in [-0.1, -0.05) is 17.6 Å². The first kappa shape index (κ1) is 12.9. The average Bonchev–Trinajstić information content (AvgIpc) is 2.76. The molecule has 0 amide bonds. The molecule has 1 aromatic carbocycles. The molecule has 1 aromatic heterocycles. The Kier molecular flexibility index (Phi) is 3.54. The summed E-state index contributed by atoms with van der Waals surface area (Å²) in [5, 5.41) is 1.66. The number of carbonyl (C=O) groups excluding carboxylic acids is 1. The summed E-state index contributed by atoms with van der Waals surface area (Å²) >= 11 is 1.19. The van der Waals surface area contributed by atoms with Crippen LogP contribution in [0, 0.1) is 0 Å². The molecule has 0 saturated heterocycles. The molecule has 2 rings (SSSR count). The first-order valence-electron chi connectivity index (χ1n) is 5.15. The SMILES string of the molecule is Bc1ccc(S(=O)(=O)Nc2ccsc2C=O)cc1. The van der Waals surface area contributed by atoms with E-state index in [-0.39, 0.29) is 4.90 Å². The number of benzene rings is 1. The standard InChI is InChI=1S/C11H10BNO3S2/c12-8-1-3-9(4-2-8)18(15,16)13-10-5-6-17-11(10)7-14/h1-7,13H,12H2. The Morgan fingerprint density at radius 2 is 1.83 bits per heavy atom.